The second-order valence-corrected chi connectivity index (χ2v) is 3.33. The highest BCUT2D eigenvalue weighted by molar-refractivity contribution is 5.39. The van der Waals surface area contributed by atoms with E-state index >= 15 is 0 Å². The topological polar surface area (TPSA) is 66.5 Å². The molecule has 0 spiro atoms. The summed E-state index contributed by atoms with van der Waals surface area (Å²) in [6.45, 7) is 0.566. The van der Waals surface area contributed by atoms with Crippen LogP contribution in [0.15, 0.2) is 18.2 Å². The van der Waals surface area contributed by atoms with Crippen molar-refractivity contribution in [1.29, 1.82) is 0 Å². The summed E-state index contributed by atoms with van der Waals surface area (Å²) in [7, 11) is 0. The van der Waals surface area contributed by atoms with E-state index in [9.17, 15) is 5.11 Å². The average Bonchev–Trinajstić information content (AvgIpc) is 2.21. The molecule has 3 nitrogen and oxygen atoms in total. The van der Waals surface area contributed by atoms with Crippen LogP contribution in [0.25, 0.3) is 0 Å². The van der Waals surface area contributed by atoms with Crippen LogP contribution in [0.5, 0.6) is 5.75 Å². The van der Waals surface area contributed by atoms with E-state index in [1.54, 1.807) is 6.07 Å². The molecule has 0 atom stereocenters. The molecule has 0 aliphatic heterocycles. The van der Waals surface area contributed by atoms with Crippen LogP contribution < -0.4 is 5.73 Å². The highest BCUT2D eigenvalue weighted by Crippen LogP contribution is 2.23. The maximum Gasteiger partial charge on any atom is 0.124 e. The Kier molecular flexibility index (Phi) is 4.43. The van der Waals surface area contributed by atoms with Crippen molar-refractivity contribution in [3.05, 3.63) is 29.3 Å². The Labute approximate surface area is 84.2 Å². The van der Waals surface area contributed by atoms with E-state index in [2.05, 4.69) is 0 Å². The SMILES string of the molecule is NCCCCc1cccc(CO)c1O. The fourth-order valence-corrected chi connectivity index (χ4v) is 1.43. The Morgan fingerprint density at radius 2 is 1.86 bits per heavy atom. The normalized spacial score (nSPS) is 10.4. The van der Waals surface area contributed by atoms with E-state index in [0.29, 0.717) is 12.1 Å². The number of benzene rings is 1. The van der Waals surface area contributed by atoms with Gasteiger partial charge in [0.2, 0.25) is 0 Å². The minimum atomic E-state index is -0.115. The second kappa shape index (κ2) is 5.62. The van der Waals surface area contributed by atoms with Crippen LogP contribution in [-0.4, -0.2) is 16.8 Å². The zero-order valence-electron chi connectivity index (χ0n) is 8.24. The molecule has 0 aliphatic carbocycles. The van der Waals surface area contributed by atoms with Crippen molar-refractivity contribution >= 4 is 0 Å². The van der Waals surface area contributed by atoms with Crippen molar-refractivity contribution < 1.29 is 10.2 Å². The Morgan fingerprint density at radius 1 is 1.14 bits per heavy atom. The van der Waals surface area contributed by atoms with Gasteiger partial charge in [-0.2, -0.15) is 0 Å². The zero-order chi connectivity index (χ0) is 10.4. The van der Waals surface area contributed by atoms with Crippen molar-refractivity contribution in [2.45, 2.75) is 25.9 Å². The molecule has 0 fully saturated rings. The monoisotopic (exact) mass is 195 g/mol. The van der Waals surface area contributed by atoms with Gasteiger partial charge in [-0.1, -0.05) is 18.2 Å². The largest absolute Gasteiger partial charge is 0.507 e. The van der Waals surface area contributed by atoms with Gasteiger partial charge in [0, 0.05) is 5.56 Å². The number of para-hydroxylation sites is 1. The van der Waals surface area contributed by atoms with Gasteiger partial charge in [0.05, 0.1) is 6.61 Å². The maximum atomic E-state index is 9.70. The van der Waals surface area contributed by atoms with Crippen LogP contribution in [0.4, 0.5) is 0 Å². The molecule has 4 N–H and O–H groups in total. The highest BCUT2D eigenvalue weighted by atomic mass is 16.3. The first kappa shape index (κ1) is 11.0. The van der Waals surface area contributed by atoms with E-state index in [-0.39, 0.29) is 12.4 Å². The van der Waals surface area contributed by atoms with Gasteiger partial charge in [0.15, 0.2) is 0 Å². The van der Waals surface area contributed by atoms with E-state index in [1.807, 2.05) is 12.1 Å². The smallest absolute Gasteiger partial charge is 0.124 e. The van der Waals surface area contributed by atoms with Crippen LogP contribution in [0, 0.1) is 0 Å². The summed E-state index contributed by atoms with van der Waals surface area (Å²) in [5.41, 5.74) is 6.87. The third-order valence-electron chi connectivity index (χ3n) is 2.27. The fraction of sp³-hybridized carbons (Fsp3) is 0.455. The minimum Gasteiger partial charge on any atom is -0.507 e. The molecular weight excluding hydrogens is 178 g/mol. The Bertz CT molecular complexity index is 287. The Hall–Kier alpha value is -1.06. The van der Waals surface area contributed by atoms with Crippen LogP contribution in [0.1, 0.15) is 24.0 Å². The third kappa shape index (κ3) is 2.72. The van der Waals surface area contributed by atoms with Crippen molar-refractivity contribution in [2.75, 3.05) is 6.54 Å². The van der Waals surface area contributed by atoms with Crippen LogP contribution in [0.3, 0.4) is 0 Å². The number of nitrogens with two attached hydrogens (primary N) is 1. The molecule has 0 saturated heterocycles. The number of aliphatic hydroxyl groups excluding tert-OH is 1. The molecule has 0 unspecified atom stereocenters. The van der Waals surface area contributed by atoms with E-state index in [0.717, 1.165) is 24.8 Å². The first-order valence-electron chi connectivity index (χ1n) is 4.90. The van der Waals surface area contributed by atoms with E-state index in [4.69, 9.17) is 10.8 Å². The zero-order valence-corrected chi connectivity index (χ0v) is 8.24. The lowest BCUT2D eigenvalue weighted by molar-refractivity contribution is 0.275. The predicted molar refractivity (Wildman–Crippen MR) is 56.0 cm³/mol. The molecule has 0 amide bonds. The molecule has 0 saturated carbocycles. The molecule has 78 valence electrons. The lowest BCUT2D eigenvalue weighted by Gasteiger charge is -2.07. The molecule has 0 bridgehead atoms. The maximum absolute atomic E-state index is 9.70. The first-order valence-corrected chi connectivity index (χ1v) is 4.90. The average molecular weight is 195 g/mol. The standard InChI is InChI=1S/C11H17NO2/c12-7-2-1-4-9-5-3-6-10(8-13)11(9)14/h3,5-6,13-14H,1-2,4,7-8,12H2. The highest BCUT2D eigenvalue weighted by Gasteiger charge is 2.04. The summed E-state index contributed by atoms with van der Waals surface area (Å²) in [5, 5.41) is 18.6. The Morgan fingerprint density at radius 3 is 2.50 bits per heavy atom. The molecule has 0 aromatic heterocycles. The van der Waals surface area contributed by atoms with Crippen molar-refractivity contribution in [3.63, 3.8) is 0 Å². The Balaban J connectivity index is 2.66. The summed E-state index contributed by atoms with van der Waals surface area (Å²) >= 11 is 0. The minimum absolute atomic E-state index is 0.115. The van der Waals surface area contributed by atoms with Gasteiger partial charge < -0.3 is 15.9 Å². The van der Waals surface area contributed by atoms with Gasteiger partial charge in [0.1, 0.15) is 5.75 Å². The lowest BCUT2D eigenvalue weighted by Crippen LogP contribution is -1.99. The number of aliphatic hydroxyl groups is 1. The number of hydrogen-bond acceptors (Lipinski definition) is 3. The molecule has 1 aromatic carbocycles. The van der Waals surface area contributed by atoms with Crippen LogP contribution in [-0.2, 0) is 13.0 Å². The number of rotatable bonds is 5. The van der Waals surface area contributed by atoms with Gasteiger partial charge in [-0.3, -0.25) is 0 Å². The summed E-state index contributed by atoms with van der Waals surface area (Å²) in [5.74, 6) is 0.229. The van der Waals surface area contributed by atoms with Crippen LogP contribution >= 0.6 is 0 Å². The molecule has 1 aromatic rings. The molecule has 1 rings (SSSR count). The number of aromatic hydroxyl groups is 1. The first-order chi connectivity index (χ1) is 6.79. The number of hydrogen-bond donors (Lipinski definition) is 3. The van der Waals surface area contributed by atoms with Crippen LogP contribution in [0.2, 0.25) is 0 Å². The fourth-order valence-electron chi connectivity index (χ4n) is 1.43. The molecule has 0 heterocycles. The van der Waals surface area contributed by atoms with Crippen molar-refractivity contribution in [1.82, 2.24) is 0 Å². The molecule has 0 aliphatic rings. The molecular formula is C11H17NO2. The third-order valence-corrected chi connectivity index (χ3v) is 2.27. The predicted octanol–water partition coefficient (Wildman–Crippen LogP) is 1.17. The summed E-state index contributed by atoms with van der Waals surface area (Å²) in [4.78, 5) is 0. The summed E-state index contributed by atoms with van der Waals surface area (Å²) in [6, 6.07) is 5.45. The number of aryl methyl sites for hydroxylation is 1. The number of phenols is 1. The van der Waals surface area contributed by atoms with Crippen molar-refractivity contribution in [3.8, 4) is 5.75 Å². The molecule has 14 heavy (non-hydrogen) atoms. The summed E-state index contributed by atoms with van der Waals surface area (Å²) in [6.07, 6.45) is 2.75. The van der Waals surface area contributed by atoms with Gasteiger partial charge in [-0.05, 0) is 31.4 Å². The molecule has 0 radical (unpaired) electrons. The summed E-state index contributed by atoms with van der Waals surface area (Å²) < 4.78 is 0. The van der Waals surface area contributed by atoms with Gasteiger partial charge in [0.25, 0.3) is 0 Å². The van der Waals surface area contributed by atoms with Gasteiger partial charge >= 0.3 is 0 Å². The van der Waals surface area contributed by atoms with Gasteiger partial charge in [-0.25, -0.2) is 0 Å². The quantitative estimate of drug-likeness (QED) is 0.618. The van der Waals surface area contributed by atoms with E-state index in [1.165, 1.54) is 0 Å². The lowest BCUT2D eigenvalue weighted by atomic mass is 10.0. The van der Waals surface area contributed by atoms with Crippen molar-refractivity contribution in [2.24, 2.45) is 5.73 Å². The number of unbranched alkanes of at least 4 members (excludes halogenated alkanes) is 1. The van der Waals surface area contributed by atoms with Gasteiger partial charge in [-0.15, -0.1) is 0 Å². The van der Waals surface area contributed by atoms with E-state index < -0.39 is 0 Å². The second-order valence-electron chi connectivity index (χ2n) is 3.33. The molecule has 3 heteroatoms.